The number of hydrogen-bond acceptors (Lipinski definition) is 3. The lowest BCUT2D eigenvalue weighted by molar-refractivity contribution is 0.628. The van der Waals surface area contributed by atoms with Crippen LogP contribution < -0.4 is 5.73 Å². The molecule has 0 bridgehead atoms. The summed E-state index contributed by atoms with van der Waals surface area (Å²) >= 11 is 0. The summed E-state index contributed by atoms with van der Waals surface area (Å²) in [7, 11) is 0. The van der Waals surface area contributed by atoms with Gasteiger partial charge in [0.15, 0.2) is 5.65 Å². The molecule has 0 saturated carbocycles. The van der Waals surface area contributed by atoms with Crippen LogP contribution in [0, 0.1) is 5.82 Å². The highest BCUT2D eigenvalue weighted by Gasteiger charge is 2.04. The van der Waals surface area contributed by atoms with Gasteiger partial charge in [-0.3, -0.25) is 0 Å². The molecule has 0 fully saturated rings. The number of nitrogens with zero attached hydrogens (tertiary/aromatic N) is 3. The van der Waals surface area contributed by atoms with Crippen molar-refractivity contribution >= 4 is 11.3 Å². The maximum atomic E-state index is 12.8. The van der Waals surface area contributed by atoms with Crippen molar-refractivity contribution in [1.82, 2.24) is 14.6 Å². The molecule has 0 saturated heterocycles. The monoisotopic (exact) mass is 228 g/mol. The normalized spacial score (nSPS) is 10.9. The molecule has 0 amide bonds. The number of nitrogens with two attached hydrogens (primary N) is 1. The minimum absolute atomic E-state index is 0.258. The lowest BCUT2D eigenvalue weighted by Gasteiger charge is -2.01. The Labute approximate surface area is 96.5 Å². The van der Waals surface area contributed by atoms with E-state index in [1.807, 2.05) is 6.20 Å². The first-order valence-electron chi connectivity index (χ1n) is 5.09. The largest absolute Gasteiger partial charge is 0.394 e. The molecule has 4 nitrogen and oxygen atoms in total. The summed E-state index contributed by atoms with van der Waals surface area (Å²) < 4.78 is 14.4. The number of halogens is 1. The third-order valence-electron chi connectivity index (χ3n) is 2.56. The summed E-state index contributed by atoms with van der Waals surface area (Å²) in [6.45, 7) is 0. The van der Waals surface area contributed by atoms with E-state index in [-0.39, 0.29) is 5.82 Å². The molecule has 0 atom stereocenters. The number of hydrogen-bond donors (Lipinski definition) is 1. The van der Waals surface area contributed by atoms with Gasteiger partial charge in [0.05, 0.1) is 11.9 Å². The van der Waals surface area contributed by atoms with Crippen molar-refractivity contribution in [1.29, 1.82) is 0 Å². The van der Waals surface area contributed by atoms with Crippen LogP contribution in [0.25, 0.3) is 16.8 Å². The van der Waals surface area contributed by atoms with Crippen LogP contribution in [-0.2, 0) is 0 Å². The average Bonchev–Trinajstić information content (AvgIpc) is 2.72. The Bertz CT molecular complexity index is 673. The van der Waals surface area contributed by atoms with Crippen molar-refractivity contribution in [3.8, 4) is 11.1 Å². The van der Waals surface area contributed by atoms with Gasteiger partial charge in [0.1, 0.15) is 5.82 Å². The Balaban J connectivity index is 2.14. The summed E-state index contributed by atoms with van der Waals surface area (Å²) in [5.41, 5.74) is 8.59. The highest BCUT2D eigenvalue weighted by Crippen LogP contribution is 2.20. The van der Waals surface area contributed by atoms with E-state index < -0.39 is 0 Å². The molecule has 0 aliphatic heterocycles. The Hall–Kier alpha value is -2.43. The molecule has 84 valence electrons. The van der Waals surface area contributed by atoms with Crippen molar-refractivity contribution in [2.45, 2.75) is 0 Å². The van der Waals surface area contributed by atoms with Crippen LogP contribution in [0.15, 0.2) is 42.9 Å². The smallest absolute Gasteiger partial charge is 0.178 e. The van der Waals surface area contributed by atoms with Crippen LogP contribution >= 0.6 is 0 Å². The zero-order chi connectivity index (χ0) is 11.8. The first-order valence-corrected chi connectivity index (χ1v) is 5.09. The predicted molar refractivity (Wildman–Crippen MR) is 62.8 cm³/mol. The second-order valence-corrected chi connectivity index (χ2v) is 3.72. The Morgan fingerprint density at radius 1 is 1.06 bits per heavy atom. The van der Waals surface area contributed by atoms with Gasteiger partial charge in [0, 0.05) is 18.0 Å². The zero-order valence-corrected chi connectivity index (χ0v) is 8.84. The van der Waals surface area contributed by atoms with Gasteiger partial charge < -0.3 is 5.73 Å². The summed E-state index contributed by atoms with van der Waals surface area (Å²) in [5, 5.41) is 4.08. The van der Waals surface area contributed by atoms with E-state index >= 15 is 0 Å². The lowest BCUT2D eigenvalue weighted by Crippen LogP contribution is -1.93. The van der Waals surface area contributed by atoms with Gasteiger partial charge in [0.25, 0.3) is 0 Å². The van der Waals surface area contributed by atoms with E-state index in [9.17, 15) is 4.39 Å². The molecular weight excluding hydrogens is 219 g/mol. The molecule has 0 aliphatic carbocycles. The molecular formula is C12H9FN4. The molecule has 5 heteroatoms. The zero-order valence-electron chi connectivity index (χ0n) is 8.84. The van der Waals surface area contributed by atoms with E-state index in [0.717, 1.165) is 11.1 Å². The number of fused-ring (bicyclic) bond motifs is 1. The van der Waals surface area contributed by atoms with Gasteiger partial charge in [-0.2, -0.15) is 5.10 Å². The van der Waals surface area contributed by atoms with Gasteiger partial charge in [-0.1, -0.05) is 12.1 Å². The Morgan fingerprint density at radius 2 is 1.82 bits per heavy atom. The molecule has 0 aliphatic rings. The molecule has 0 radical (unpaired) electrons. The summed E-state index contributed by atoms with van der Waals surface area (Å²) in [5.74, 6) is -0.258. The minimum atomic E-state index is -0.258. The van der Waals surface area contributed by atoms with Gasteiger partial charge in [-0.15, -0.1) is 0 Å². The van der Waals surface area contributed by atoms with E-state index in [0.29, 0.717) is 11.3 Å². The highest BCUT2D eigenvalue weighted by molar-refractivity contribution is 5.67. The molecule has 17 heavy (non-hydrogen) atoms. The molecule has 0 unspecified atom stereocenters. The first kappa shape index (κ1) is 9.77. The summed E-state index contributed by atoms with van der Waals surface area (Å²) in [6, 6.07) is 6.23. The SMILES string of the molecule is Nc1cnn2cc(-c3ccc(F)cc3)cnc12. The van der Waals surface area contributed by atoms with Gasteiger partial charge in [-0.05, 0) is 17.7 Å². The second-order valence-electron chi connectivity index (χ2n) is 3.72. The third-order valence-corrected chi connectivity index (χ3v) is 2.56. The molecule has 0 spiro atoms. The van der Waals surface area contributed by atoms with Crippen molar-refractivity contribution in [3.05, 3.63) is 48.7 Å². The third kappa shape index (κ3) is 1.61. The number of nitrogen functional groups attached to an aromatic ring is 1. The molecule has 1 aromatic carbocycles. The Kier molecular flexibility index (Phi) is 2.04. The maximum Gasteiger partial charge on any atom is 0.178 e. The summed E-state index contributed by atoms with van der Waals surface area (Å²) in [4.78, 5) is 4.22. The number of benzene rings is 1. The highest BCUT2D eigenvalue weighted by atomic mass is 19.1. The second kappa shape index (κ2) is 3.55. The van der Waals surface area contributed by atoms with Crippen molar-refractivity contribution in [2.24, 2.45) is 0 Å². The van der Waals surface area contributed by atoms with Crippen LogP contribution in [-0.4, -0.2) is 14.6 Å². The van der Waals surface area contributed by atoms with E-state index in [1.54, 1.807) is 29.0 Å². The van der Waals surface area contributed by atoms with E-state index in [1.165, 1.54) is 12.1 Å². The van der Waals surface area contributed by atoms with Crippen molar-refractivity contribution in [2.75, 3.05) is 5.73 Å². The van der Waals surface area contributed by atoms with Crippen molar-refractivity contribution < 1.29 is 4.39 Å². The molecule has 2 aromatic heterocycles. The quantitative estimate of drug-likeness (QED) is 0.694. The molecule has 3 aromatic rings. The lowest BCUT2D eigenvalue weighted by atomic mass is 10.1. The fraction of sp³-hybridized carbons (Fsp3) is 0. The average molecular weight is 228 g/mol. The number of aromatic nitrogens is 3. The minimum Gasteiger partial charge on any atom is -0.394 e. The van der Waals surface area contributed by atoms with E-state index in [4.69, 9.17) is 5.73 Å². The topological polar surface area (TPSA) is 56.2 Å². The van der Waals surface area contributed by atoms with Crippen molar-refractivity contribution in [3.63, 3.8) is 0 Å². The fourth-order valence-electron chi connectivity index (χ4n) is 1.68. The standard InChI is InChI=1S/C12H9FN4/c13-10-3-1-8(2-4-10)9-5-15-12-11(14)6-16-17(12)7-9/h1-7H,14H2. The van der Waals surface area contributed by atoms with Gasteiger partial charge >= 0.3 is 0 Å². The Morgan fingerprint density at radius 3 is 2.59 bits per heavy atom. The van der Waals surface area contributed by atoms with Crippen LogP contribution in [0.4, 0.5) is 10.1 Å². The van der Waals surface area contributed by atoms with Crippen LogP contribution in [0.1, 0.15) is 0 Å². The molecule has 2 heterocycles. The van der Waals surface area contributed by atoms with E-state index in [2.05, 4.69) is 10.1 Å². The number of anilines is 1. The van der Waals surface area contributed by atoms with Crippen LogP contribution in [0.5, 0.6) is 0 Å². The molecule has 3 rings (SSSR count). The maximum absolute atomic E-state index is 12.8. The fourth-order valence-corrected chi connectivity index (χ4v) is 1.68. The van der Waals surface area contributed by atoms with Crippen LogP contribution in [0.3, 0.4) is 0 Å². The summed E-state index contributed by atoms with van der Waals surface area (Å²) in [6.07, 6.45) is 5.06. The first-order chi connectivity index (χ1) is 8.24. The predicted octanol–water partition coefficient (Wildman–Crippen LogP) is 2.12. The van der Waals surface area contributed by atoms with Crippen LogP contribution in [0.2, 0.25) is 0 Å². The van der Waals surface area contributed by atoms with Gasteiger partial charge in [-0.25, -0.2) is 13.9 Å². The number of rotatable bonds is 1. The van der Waals surface area contributed by atoms with Gasteiger partial charge in [0.2, 0.25) is 0 Å². The molecule has 2 N–H and O–H groups in total.